The number of carbonyl (C=O) groups is 1. The topological polar surface area (TPSA) is 66.8 Å². The molecule has 0 saturated heterocycles. The van der Waals surface area contributed by atoms with E-state index in [1.165, 1.54) is 0 Å². The van der Waals surface area contributed by atoms with Crippen molar-refractivity contribution >= 4 is 16.6 Å². The van der Waals surface area contributed by atoms with Crippen molar-refractivity contribution in [2.75, 3.05) is 13.2 Å². The van der Waals surface area contributed by atoms with E-state index in [4.69, 9.17) is 9.84 Å². The third-order valence-corrected chi connectivity index (χ3v) is 2.81. The molecule has 4 nitrogen and oxygen atoms in total. The zero-order valence-electron chi connectivity index (χ0n) is 10.7. The molecule has 0 aromatic heterocycles. The van der Waals surface area contributed by atoms with Gasteiger partial charge in [0.05, 0.1) is 6.10 Å². The summed E-state index contributed by atoms with van der Waals surface area (Å²) >= 11 is 0. The van der Waals surface area contributed by atoms with Crippen LogP contribution in [0.25, 0.3) is 10.8 Å². The van der Waals surface area contributed by atoms with Crippen LogP contribution in [0, 0.1) is 0 Å². The first-order valence-corrected chi connectivity index (χ1v) is 6.10. The second-order valence-electron chi connectivity index (χ2n) is 4.40. The van der Waals surface area contributed by atoms with Crippen LogP contribution in [0.15, 0.2) is 36.4 Å². The van der Waals surface area contributed by atoms with Gasteiger partial charge >= 0.3 is 0 Å². The average Bonchev–Trinajstić information content (AvgIpc) is 2.43. The van der Waals surface area contributed by atoms with Crippen molar-refractivity contribution in [3.8, 4) is 5.75 Å². The lowest BCUT2D eigenvalue weighted by atomic mass is 10.0. The number of ketones is 1. The second kappa shape index (κ2) is 5.82. The van der Waals surface area contributed by atoms with E-state index >= 15 is 0 Å². The van der Waals surface area contributed by atoms with Gasteiger partial charge in [0, 0.05) is 10.9 Å². The number of rotatable bonds is 5. The zero-order chi connectivity index (χ0) is 13.8. The first-order valence-electron chi connectivity index (χ1n) is 6.10. The predicted octanol–water partition coefficient (Wildman–Crippen LogP) is 1.77. The Balaban J connectivity index is 2.49. The van der Waals surface area contributed by atoms with Gasteiger partial charge in [-0.1, -0.05) is 24.3 Å². The maximum atomic E-state index is 11.7. The first-order chi connectivity index (χ1) is 9.13. The normalized spacial score (nSPS) is 12.4. The van der Waals surface area contributed by atoms with Crippen LogP contribution in [0.4, 0.5) is 0 Å². The molecule has 0 heterocycles. The quantitative estimate of drug-likeness (QED) is 0.804. The second-order valence-corrected chi connectivity index (χ2v) is 4.40. The number of benzene rings is 2. The monoisotopic (exact) mass is 260 g/mol. The van der Waals surface area contributed by atoms with Crippen LogP contribution in [0.2, 0.25) is 0 Å². The van der Waals surface area contributed by atoms with Crippen molar-refractivity contribution in [3.63, 3.8) is 0 Å². The Bertz CT molecular complexity index is 590. The van der Waals surface area contributed by atoms with Crippen molar-refractivity contribution < 1.29 is 19.7 Å². The molecule has 4 heteroatoms. The van der Waals surface area contributed by atoms with Crippen molar-refractivity contribution in [2.24, 2.45) is 0 Å². The number of aliphatic hydroxyl groups excluding tert-OH is 2. The smallest absolute Gasteiger partial charge is 0.188 e. The Morgan fingerprint density at radius 2 is 1.89 bits per heavy atom. The molecule has 0 aliphatic carbocycles. The lowest BCUT2D eigenvalue weighted by molar-refractivity contribution is 0.0905. The molecule has 2 aromatic rings. The lowest BCUT2D eigenvalue weighted by Gasteiger charge is -2.12. The van der Waals surface area contributed by atoms with Crippen LogP contribution in [-0.2, 0) is 0 Å². The molecule has 1 unspecified atom stereocenters. The summed E-state index contributed by atoms with van der Waals surface area (Å²) in [4.78, 5) is 11.7. The highest BCUT2D eigenvalue weighted by atomic mass is 16.5. The molecule has 0 saturated carbocycles. The fraction of sp³-hybridized carbons (Fsp3) is 0.267. The highest BCUT2D eigenvalue weighted by Crippen LogP contribution is 2.28. The van der Waals surface area contributed by atoms with Gasteiger partial charge in [-0.3, -0.25) is 4.79 Å². The maximum absolute atomic E-state index is 11.7. The molecule has 0 radical (unpaired) electrons. The first kappa shape index (κ1) is 13.5. The number of Topliss-reactive ketones (excluding diaryl/α,β-unsaturated/α-hetero) is 1. The standard InChI is InChI=1S/C15H16O4/c1-10(17)9-19-15-7-6-12(14(18)8-16)11-4-2-3-5-13(11)15/h2-7,10,16-17H,8-9H2,1H3. The van der Waals surface area contributed by atoms with Crippen LogP contribution >= 0.6 is 0 Å². The number of aliphatic hydroxyl groups is 2. The van der Waals surface area contributed by atoms with E-state index in [1.54, 1.807) is 19.1 Å². The van der Waals surface area contributed by atoms with E-state index in [9.17, 15) is 9.90 Å². The number of hydrogen-bond donors (Lipinski definition) is 2. The van der Waals surface area contributed by atoms with E-state index < -0.39 is 12.7 Å². The number of ether oxygens (including phenoxy) is 1. The lowest BCUT2D eigenvalue weighted by Crippen LogP contribution is -2.13. The molecule has 0 spiro atoms. The van der Waals surface area contributed by atoms with Crippen molar-refractivity contribution in [1.82, 2.24) is 0 Å². The summed E-state index contributed by atoms with van der Waals surface area (Å²) in [5.74, 6) is 0.296. The summed E-state index contributed by atoms with van der Waals surface area (Å²) in [5, 5.41) is 19.8. The van der Waals surface area contributed by atoms with Gasteiger partial charge in [0.1, 0.15) is 19.0 Å². The molecule has 0 bridgehead atoms. The minimum absolute atomic E-state index is 0.192. The van der Waals surface area contributed by atoms with Crippen LogP contribution < -0.4 is 4.74 Å². The van der Waals surface area contributed by atoms with Gasteiger partial charge in [0.25, 0.3) is 0 Å². The maximum Gasteiger partial charge on any atom is 0.188 e. The van der Waals surface area contributed by atoms with Crippen LogP contribution in [-0.4, -0.2) is 35.3 Å². The molecule has 0 aliphatic heterocycles. The summed E-state index contributed by atoms with van der Waals surface area (Å²) in [5.41, 5.74) is 0.475. The van der Waals surface area contributed by atoms with Gasteiger partial charge in [-0.25, -0.2) is 0 Å². The minimum atomic E-state index is -0.558. The summed E-state index contributed by atoms with van der Waals surface area (Å²) in [6, 6.07) is 10.7. The van der Waals surface area contributed by atoms with Gasteiger partial charge in [-0.15, -0.1) is 0 Å². The average molecular weight is 260 g/mol. The Hall–Kier alpha value is -1.91. The van der Waals surface area contributed by atoms with E-state index in [0.717, 1.165) is 10.8 Å². The van der Waals surface area contributed by atoms with Crippen LogP contribution in [0.1, 0.15) is 17.3 Å². The highest BCUT2D eigenvalue weighted by molar-refractivity contribution is 6.10. The fourth-order valence-corrected chi connectivity index (χ4v) is 1.94. The Kier molecular flexibility index (Phi) is 4.14. The molecule has 100 valence electrons. The van der Waals surface area contributed by atoms with Crippen LogP contribution in [0.5, 0.6) is 5.75 Å². The van der Waals surface area contributed by atoms with Crippen molar-refractivity contribution in [3.05, 3.63) is 42.0 Å². The number of hydrogen-bond acceptors (Lipinski definition) is 4. The van der Waals surface area contributed by atoms with Gasteiger partial charge in [-0.05, 0) is 24.4 Å². The van der Waals surface area contributed by atoms with Crippen LogP contribution in [0.3, 0.4) is 0 Å². The SMILES string of the molecule is CC(O)COc1ccc(C(=O)CO)c2ccccc12. The van der Waals surface area contributed by atoms with E-state index in [-0.39, 0.29) is 12.4 Å². The Morgan fingerprint density at radius 3 is 2.53 bits per heavy atom. The third-order valence-electron chi connectivity index (χ3n) is 2.81. The fourth-order valence-electron chi connectivity index (χ4n) is 1.94. The van der Waals surface area contributed by atoms with Gasteiger partial charge in [-0.2, -0.15) is 0 Å². The highest BCUT2D eigenvalue weighted by Gasteiger charge is 2.12. The van der Waals surface area contributed by atoms with E-state index in [0.29, 0.717) is 11.3 Å². The number of carbonyl (C=O) groups excluding carboxylic acids is 1. The summed E-state index contributed by atoms with van der Waals surface area (Å²) in [7, 11) is 0. The van der Waals surface area contributed by atoms with Gasteiger partial charge < -0.3 is 14.9 Å². The molecule has 2 rings (SSSR count). The van der Waals surface area contributed by atoms with Crippen molar-refractivity contribution in [2.45, 2.75) is 13.0 Å². The number of fused-ring (bicyclic) bond motifs is 1. The molecule has 0 aliphatic rings. The minimum Gasteiger partial charge on any atom is -0.490 e. The third kappa shape index (κ3) is 2.92. The molecule has 19 heavy (non-hydrogen) atoms. The Labute approximate surface area is 111 Å². The van der Waals surface area contributed by atoms with E-state index in [1.807, 2.05) is 24.3 Å². The molecule has 2 aromatic carbocycles. The van der Waals surface area contributed by atoms with Crippen molar-refractivity contribution in [1.29, 1.82) is 0 Å². The Morgan fingerprint density at radius 1 is 1.21 bits per heavy atom. The predicted molar refractivity (Wildman–Crippen MR) is 72.5 cm³/mol. The molecular weight excluding hydrogens is 244 g/mol. The molecule has 2 N–H and O–H groups in total. The van der Waals surface area contributed by atoms with Gasteiger partial charge in [0.2, 0.25) is 0 Å². The summed E-state index contributed by atoms with van der Waals surface area (Å²) < 4.78 is 5.53. The van der Waals surface area contributed by atoms with E-state index in [2.05, 4.69) is 0 Å². The van der Waals surface area contributed by atoms with Gasteiger partial charge in [0.15, 0.2) is 5.78 Å². The largest absolute Gasteiger partial charge is 0.490 e. The zero-order valence-corrected chi connectivity index (χ0v) is 10.7. The summed E-state index contributed by atoms with van der Waals surface area (Å²) in [6.07, 6.45) is -0.558. The summed E-state index contributed by atoms with van der Waals surface area (Å²) in [6.45, 7) is 1.32. The molecule has 0 fully saturated rings. The molecular formula is C15H16O4. The molecule has 0 amide bonds. The molecule has 1 atom stereocenters.